The molecule has 0 radical (unpaired) electrons. The molecule has 3 aromatic rings. The quantitative estimate of drug-likeness (QED) is 0.378. The number of benzene rings is 2. The Bertz CT molecular complexity index is 1110. The van der Waals surface area contributed by atoms with E-state index in [4.69, 9.17) is 9.47 Å². The lowest BCUT2D eigenvalue weighted by molar-refractivity contribution is -0.149. The average molecular weight is 420 g/mol. The van der Waals surface area contributed by atoms with Gasteiger partial charge >= 0.3 is 5.97 Å². The minimum absolute atomic E-state index is 0.0925. The third-order valence-corrected chi connectivity index (χ3v) is 5.56. The van der Waals surface area contributed by atoms with Crippen LogP contribution in [0.2, 0.25) is 0 Å². The summed E-state index contributed by atoms with van der Waals surface area (Å²) >= 11 is 0. The largest absolute Gasteiger partial charge is 0.497 e. The van der Waals surface area contributed by atoms with Crippen molar-refractivity contribution in [2.24, 2.45) is 5.92 Å². The summed E-state index contributed by atoms with van der Waals surface area (Å²) in [6, 6.07) is 15.2. The topological polar surface area (TPSA) is 57.5 Å². The number of hydrogen-bond donors (Lipinski definition) is 0. The van der Waals surface area contributed by atoms with Gasteiger partial charge in [-0.2, -0.15) is 0 Å². The number of fused-ring (bicyclic) bond motifs is 1. The number of ether oxygens (including phenoxy) is 2. The second kappa shape index (κ2) is 9.65. The summed E-state index contributed by atoms with van der Waals surface area (Å²) < 4.78 is 12.6. The Morgan fingerprint density at radius 1 is 1.06 bits per heavy atom. The molecule has 0 saturated carbocycles. The first-order valence-corrected chi connectivity index (χ1v) is 10.5. The number of rotatable bonds is 7. The van der Waals surface area contributed by atoms with E-state index in [2.05, 4.69) is 0 Å². The number of nitrogens with zero attached hydrogens (tertiary/aromatic N) is 1. The van der Waals surface area contributed by atoms with E-state index in [0.29, 0.717) is 5.75 Å². The Balaban J connectivity index is 2.00. The van der Waals surface area contributed by atoms with Crippen LogP contribution in [0, 0.1) is 12.8 Å². The van der Waals surface area contributed by atoms with Crippen LogP contribution in [0.5, 0.6) is 5.75 Å². The molecule has 1 heterocycles. The lowest BCUT2D eigenvalue weighted by atomic mass is 10.1. The number of aromatic nitrogens is 1. The number of carbonyl (C=O) groups excluding carboxylic acids is 2. The molecule has 0 spiro atoms. The standard InChI is InChI=1S/C26H29NO4/c1-17(2)19(4)31-26(29)16-22-18(3)27(24-13-12-21(30-5)15-23(22)24)25(28)14-11-20-9-7-6-8-10-20/h6-15,17,19H,16H2,1-5H3/b14-11+. The van der Waals surface area contributed by atoms with Crippen LogP contribution < -0.4 is 4.74 Å². The molecule has 1 unspecified atom stereocenters. The highest BCUT2D eigenvalue weighted by Gasteiger charge is 2.22. The molecular weight excluding hydrogens is 390 g/mol. The first-order valence-electron chi connectivity index (χ1n) is 10.5. The molecule has 3 rings (SSSR count). The molecule has 1 aromatic heterocycles. The highest BCUT2D eigenvalue weighted by molar-refractivity contribution is 6.03. The summed E-state index contributed by atoms with van der Waals surface area (Å²) in [7, 11) is 1.59. The molecule has 5 nitrogen and oxygen atoms in total. The molecule has 0 amide bonds. The minimum Gasteiger partial charge on any atom is -0.497 e. The Hall–Kier alpha value is -3.34. The predicted molar refractivity (Wildman–Crippen MR) is 123 cm³/mol. The number of carbonyl (C=O) groups is 2. The Morgan fingerprint density at radius 2 is 1.77 bits per heavy atom. The Labute approximate surface area is 183 Å². The first-order chi connectivity index (χ1) is 14.8. The minimum atomic E-state index is -0.307. The highest BCUT2D eigenvalue weighted by Crippen LogP contribution is 2.30. The zero-order valence-electron chi connectivity index (χ0n) is 18.7. The van der Waals surface area contributed by atoms with E-state index in [1.807, 2.05) is 76.2 Å². The molecule has 0 aliphatic heterocycles. The fourth-order valence-electron chi connectivity index (χ4n) is 3.43. The fraction of sp³-hybridized carbons (Fsp3) is 0.308. The maximum absolute atomic E-state index is 13.1. The van der Waals surface area contributed by atoms with E-state index in [1.165, 1.54) is 0 Å². The maximum atomic E-state index is 13.1. The number of allylic oxidation sites excluding steroid dienone is 1. The summed E-state index contributed by atoms with van der Waals surface area (Å²) in [6.45, 7) is 7.77. The van der Waals surface area contributed by atoms with Gasteiger partial charge in [0.2, 0.25) is 0 Å². The van der Waals surface area contributed by atoms with Crippen LogP contribution in [0.4, 0.5) is 0 Å². The van der Waals surface area contributed by atoms with E-state index >= 15 is 0 Å². The van der Waals surface area contributed by atoms with Crippen molar-refractivity contribution in [1.82, 2.24) is 4.57 Å². The summed E-state index contributed by atoms with van der Waals surface area (Å²) in [5.74, 6) is 0.420. The van der Waals surface area contributed by atoms with Crippen molar-refractivity contribution in [3.63, 3.8) is 0 Å². The zero-order chi connectivity index (χ0) is 22.5. The molecular formula is C26H29NO4. The van der Waals surface area contributed by atoms with Crippen molar-refractivity contribution in [2.45, 2.75) is 40.2 Å². The lowest BCUT2D eigenvalue weighted by Crippen LogP contribution is -2.21. The molecule has 31 heavy (non-hydrogen) atoms. The maximum Gasteiger partial charge on any atom is 0.310 e. The molecule has 5 heteroatoms. The van der Waals surface area contributed by atoms with Gasteiger partial charge in [0, 0.05) is 17.2 Å². The fourth-order valence-corrected chi connectivity index (χ4v) is 3.43. The average Bonchev–Trinajstić information content (AvgIpc) is 3.03. The van der Waals surface area contributed by atoms with Gasteiger partial charge in [0.15, 0.2) is 0 Å². The molecule has 0 bridgehead atoms. The van der Waals surface area contributed by atoms with Gasteiger partial charge in [0.1, 0.15) is 11.9 Å². The summed E-state index contributed by atoms with van der Waals surface area (Å²) in [5.41, 5.74) is 3.18. The highest BCUT2D eigenvalue weighted by atomic mass is 16.5. The third-order valence-electron chi connectivity index (χ3n) is 5.56. The van der Waals surface area contributed by atoms with Gasteiger partial charge in [-0.15, -0.1) is 0 Å². The Morgan fingerprint density at radius 3 is 2.42 bits per heavy atom. The predicted octanol–water partition coefficient (Wildman–Crippen LogP) is 5.44. The second-order valence-corrected chi connectivity index (χ2v) is 7.98. The van der Waals surface area contributed by atoms with E-state index in [1.54, 1.807) is 23.8 Å². The third kappa shape index (κ3) is 5.05. The van der Waals surface area contributed by atoms with Crippen LogP contribution in [0.25, 0.3) is 17.0 Å². The van der Waals surface area contributed by atoms with Crippen molar-refractivity contribution in [3.05, 3.63) is 71.4 Å². The SMILES string of the molecule is COc1ccc2c(c1)c(CC(=O)OC(C)C(C)C)c(C)n2C(=O)/C=C/c1ccccc1. The van der Waals surface area contributed by atoms with Crippen molar-refractivity contribution in [1.29, 1.82) is 0 Å². The van der Waals surface area contributed by atoms with E-state index in [0.717, 1.165) is 27.7 Å². The van der Waals surface area contributed by atoms with Gasteiger partial charge < -0.3 is 9.47 Å². The van der Waals surface area contributed by atoms with E-state index in [-0.39, 0.29) is 30.3 Å². The first kappa shape index (κ1) is 22.3. The second-order valence-electron chi connectivity index (χ2n) is 7.98. The number of methoxy groups -OCH3 is 1. The van der Waals surface area contributed by atoms with Crippen LogP contribution in [0.15, 0.2) is 54.6 Å². The molecule has 0 aliphatic carbocycles. The van der Waals surface area contributed by atoms with Gasteiger partial charge in [-0.1, -0.05) is 44.2 Å². The molecule has 0 fully saturated rings. The van der Waals surface area contributed by atoms with Gasteiger partial charge in [-0.05, 0) is 55.2 Å². The van der Waals surface area contributed by atoms with E-state index in [9.17, 15) is 9.59 Å². The van der Waals surface area contributed by atoms with Crippen molar-refractivity contribution < 1.29 is 19.1 Å². The van der Waals surface area contributed by atoms with Crippen LogP contribution >= 0.6 is 0 Å². The van der Waals surface area contributed by atoms with Gasteiger partial charge in [0.05, 0.1) is 19.0 Å². The van der Waals surface area contributed by atoms with Crippen LogP contribution in [-0.4, -0.2) is 29.7 Å². The molecule has 0 aliphatic rings. The smallest absolute Gasteiger partial charge is 0.310 e. The monoisotopic (exact) mass is 419 g/mol. The zero-order valence-corrected chi connectivity index (χ0v) is 18.7. The molecule has 0 saturated heterocycles. The van der Waals surface area contributed by atoms with Gasteiger partial charge in [-0.3, -0.25) is 14.2 Å². The lowest BCUT2D eigenvalue weighted by Gasteiger charge is -2.16. The Kier molecular flexibility index (Phi) is 6.95. The van der Waals surface area contributed by atoms with Crippen molar-refractivity contribution in [2.75, 3.05) is 7.11 Å². The van der Waals surface area contributed by atoms with E-state index < -0.39 is 0 Å². The summed E-state index contributed by atoms with van der Waals surface area (Å²) in [5, 5.41) is 0.812. The normalized spacial score (nSPS) is 12.5. The molecule has 2 aromatic carbocycles. The molecule has 1 atom stereocenters. The summed E-state index contributed by atoms with van der Waals surface area (Å²) in [4.78, 5) is 25.7. The van der Waals surface area contributed by atoms with Crippen LogP contribution in [0.3, 0.4) is 0 Å². The summed E-state index contributed by atoms with van der Waals surface area (Å²) in [6.07, 6.45) is 3.26. The van der Waals surface area contributed by atoms with Gasteiger partial charge in [-0.25, -0.2) is 0 Å². The number of esters is 1. The van der Waals surface area contributed by atoms with Crippen molar-refractivity contribution >= 4 is 28.9 Å². The van der Waals surface area contributed by atoms with Gasteiger partial charge in [0.25, 0.3) is 5.91 Å². The molecule has 162 valence electrons. The number of hydrogen-bond acceptors (Lipinski definition) is 4. The van der Waals surface area contributed by atoms with Crippen molar-refractivity contribution in [3.8, 4) is 5.75 Å². The van der Waals surface area contributed by atoms with Crippen LogP contribution in [-0.2, 0) is 16.0 Å². The molecule has 0 N–H and O–H groups in total. The van der Waals surface area contributed by atoms with Crippen LogP contribution in [0.1, 0.15) is 42.4 Å².